The van der Waals surface area contributed by atoms with Crippen LogP contribution in [0.15, 0.2) is 18.0 Å². The van der Waals surface area contributed by atoms with E-state index in [0.29, 0.717) is 0 Å². The molecule has 0 aliphatic carbocycles. The lowest BCUT2D eigenvalue weighted by Crippen LogP contribution is -1.98. The highest BCUT2D eigenvalue weighted by Crippen LogP contribution is 2.23. The van der Waals surface area contributed by atoms with Crippen molar-refractivity contribution in [3.05, 3.63) is 28.5 Å². The van der Waals surface area contributed by atoms with E-state index in [1.807, 2.05) is 12.3 Å². The molecule has 1 aromatic rings. The number of thiophene rings is 1. The Morgan fingerprint density at radius 1 is 1.75 bits per heavy atom. The normalized spacial score (nSPS) is 9.75. The summed E-state index contributed by atoms with van der Waals surface area (Å²) < 4.78 is 0. The molecule has 1 N–H and O–H groups in total. The van der Waals surface area contributed by atoms with Gasteiger partial charge in [0.05, 0.1) is 5.57 Å². The van der Waals surface area contributed by atoms with Gasteiger partial charge in [0.1, 0.15) is 0 Å². The molecule has 64 valence electrons. The molecule has 0 unspecified atom stereocenters. The summed E-state index contributed by atoms with van der Waals surface area (Å²) in [6.45, 7) is 5.52. The van der Waals surface area contributed by atoms with Crippen LogP contribution in [0.4, 0.5) is 0 Å². The Morgan fingerprint density at radius 3 is 2.92 bits per heavy atom. The molecule has 0 amide bonds. The minimum atomic E-state index is -0.942. The van der Waals surface area contributed by atoms with Gasteiger partial charge >= 0.3 is 5.97 Å². The van der Waals surface area contributed by atoms with Gasteiger partial charge in [-0.3, -0.25) is 0 Å². The van der Waals surface area contributed by atoms with Crippen LogP contribution in [0, 0.1) is 0 Å². The topological polar surface area (TPSA) is 37.3 Å². The molecule has 0 spiro atoms. The molecule has 12 heavy (non-hydrogen) atoms. The molecular formula is C9H10O2S. The first kappa shape index (κ1) is 9.00. The Kier molecular flexibility index (Phi) is 2.65. The van der Waals surface area contributed by atoms with Crippen molar-refractivity contribution >= 4 is 22.9 Å². The van der Waals surface area contributed by atoms with Crippen LogP contribution < -0.4 is 0 Å². The van der Waals surface area contributed by atoms with E-state index in [4.69, 9.17) is 5.11 Å². The summed E-state index contributed by atoms with van der Waals surface area (Å²) in [5, 5.41) is 10.6. The molecule has 0 fully saturated rings. The molecule has 1 heterocycles. The molecule has 0 radical (unpaired) electrons. The van der Waals surface area contributed by atoms with E-state index in [1.54, 1.807) is 17.4 Å². The molecule has 1 rings (SSSR count). The van der Waals surface area contributed by atoms with Gasteiger partial charge in [0, 0.05) is 10.4 Å². The third-order valence-electron chi connectivity index (χ3n) is 1.65. The second kappa shape index (κ2) is 3.54. The zero-order valence-corrected chi connectivity index (χ0v) is 7.65. The zero-order valence-electron chi connectivity index (χ0n) is 6.83. The van der Waals surface area contributed by atoms with Crippen LogP contribution >= 0.6 is 11.3 Å². The van der Waals surface area contributed by atoms with Crippen molar-refractivity contribution in [3.63, 3.8) is 0 Å². The van der Waals surface area contributed by atoms with Crippen molar-refractivity contribution in [2.45, 2.75) is 13.3 Å². The minimum Gasteiger partial charge on any atom is -0.478 e. The largest absolute Gasteiger partial charge is 0.478 e. The van der Waals surface area contributed by atoms with Gasteiger partial charge < -0.3 is 5.11 Å². The molecule has 0 aromatic carbocycles. The number of aryl methyl sites for hydroxylation is 1. The number of carboxylic acids is 1. The third-order valence-corrected chi connectivity index (χ3v) is 2.72. The third kappa shape index (κ3) is 1.56. The molecular weight excluding hydrogens is 172 g/mol. The molecule has 3 heteroatoms. The Bertz CT molecular complexity index is 312. The van der Waals surface area contributed by atoms with E-state index in [9.17, 15) is 4.79 Å². The first-order chi connectivity index (χ1) is 5.66. The highest BCUT2D eigenvalue weighted by Gasteiger charge is 2.11. The smallest absolute Gasteiger partial charge is 0.335 e. The Labute approximate surface area is 75.2 Å². The Hall–Kier alpha value is -1.09. The van der Waals surface area contributed by atoms with E-state index >= 15 is 0 Å². The van der Waals surface area contributed by atoms with Gasteiger partial charge in [-0.1, -0.05) is 13.5 Å². The highest BCUT2D eigenvalue weighted by atomic mass is 32.1. The number of aliphatic carboxylic acids is 1. The molecule has 0 aliphatic rings. The van der Waals surface area contributed by atoms with Crippen molar-refractivity contribution in [2.24, 2.45) is 0 Å². The summed E-state index contributed by atoms with van der Waals surface area (Å²) in [6.07, 6.45) is 0.860. The predicted molar refractivity (Wildman–Crippen MR) is 50.4 cm³/mol. The minimum absolute atomic E-state index is 0.188. The summed E-state index contributed by atoms with van der Waals surface area (Å²) in [5.74, 6) is -0.942. The van der Waals surface area contributed by atoms with Gasteiger partial charge in [0.2, 0.25) is 0 Å². The first-order valence-corrected chi connectivity index (χ1v) is 4.53. The summed E-state index contributed by atoms with van der Waals surface area (Å²) in [4.78, 5) is 11.7. The number of hydrogen-bond acceptors (Lipinski definition) is 2. The lowest BCUT2D eigenvalue weighted by molar-refractivity contribution is -0.130. The lowest BCUT2D eigenvalue weighted by Gasteiger charge is -1.99. The van der Waals surface area contributed by atoms with E-state index in [-0.39, 0.29) is 5.57 Å². The maximum atomic E-state index is 10.6. The summed E-state index contributed by atoms with van der Waals surface area (Å²) in [5.41, 5.74) is 0.961. The van der Waals surface area contributed by atoms with Crippen molar-refractivity contribution in [3.8, 4) is 0 Å². The maximum Gasteiger partial charge on any atom is 0.335 e. The number of hydrogen-bond donors (Lipinski definition) is 1. The van der Waals surface area contributed by atoms with Crippen molar-refractivity contribution < 1.29 is 9.90 Å². The Balaban J connectivity index is 3.02. The second-order valence-electron chi connectivity index (χ2n) is 2.39. The SMILES string of the molecule is C=C(C(=O)O)c1ccsc1CC. The predicted octanol–water partition coefficient (Wildman–Crippen LogP) is 2.41. The molecule has 1 aromatic heterocycles. The van der Waals surface area contributed by atoms with Crippen molar-refractivity contribution in [1.82, 2.24) is 0 Å². The van der Waals surface area contributed by atoms with Crippen molar-refractivity contribution in [1.29, 1.82) is 0 Å². The average Bonchev–Trinajstić information content (AvgIpc) is 2.49. The highest BCUT2D eigenvalue weighted by molar-refractivity contribution is 7.10. The number of carbonyl (C=O) groups is 1. The maximum absolute atomic E-state index is 10.6. The summed E-state index contributed by atoms with van der Waals surface area (Å²) in [7, 11) is 0. The average molecular weight is 182 g/mol. The van der Waals surface area contributed by atoms with Gasteiger partial charge in [0.25, 0.3) is 0 Å². The van der Waals surface area contributed by atoms with E-state index in [1.165, 1.54) is 0 Å². The molecule has 0 saturated carbocycles. The number of carboxylic acid groups (broad SMARTS) is 1. The number of rotatable bonds is 3. The van der Waals surface area contributed by atoms with Crippen LogP contribution in [0.2, 0.25) is 0 Å². The van der Waals surface area contributed by atoms with Crippen LogP contribution in [0.1, 0.15) is 17.4 Å². The van der Waals surface area contributed by atoms with Gasteiger partial charge in [-0.25, -0.2) is 4.79 Å². The fourth-order valence-electron chi connectivity index (χ4n) is 0.998. The van der Waals surface area contributed by atoms with Gasteiger partial charge in [-0.2, -0.15) is 0 Å². The van der Waals surface area contributed by atoms with E-state index in [0.717, 1.165) is 16.9 Å². The van der Waals surface area contributed by atoms with Crippen LogP contribution in [-0.4, -0.2) is 11.1 Å². The molecule has 0 atom stereocenters. The zero-order chi connectivity index (χ0) is 9.14. The molecule has 0 saturated heterocycles. The Morgan fingerprint density at radius 2 is 2.42 bits per heavy atom. The van der Waals surface area contributed by atoms with Crippen LogP contribution in [-0.2, 0) is 11.2 Å². The van der Waals surface area contributed by atoms with Gasteiger partial charge in [-0.05, 0) is 17.9 Å². The van der Waals surface area contributed by atoms with Crippen LogP contribution in [0.25, 0.3) is 5.57 Å². The first-order valence-electron chi connectivity index (χ1n) is 3.65. The van der Waals surface area contributed by atoms with Crippen LogP contribution in [0.3, 0.4) is 0 Å². The van der Waals surface area contributed by atoms with Crippen molar-refractivity contribution in [2.75, 3.05) is 0 Å². The quantitative estimate of drug-likeness (QED) is 0.729. The van der Waals surface area contributed by atoms with Crippen LogP contribution in [0.5, 0.6) is 0 Å². The summed E-state index contributed by atoms with van der Waals surface area (Å²) in [6, 6.07) is 1.81. The second-order valence-corrected chi connectivity index (χ2v) is 3.40. The fourth-order valence-corrected chi connectivity index (χ4v) is 1.85. The molecule has 2 nitrogen and oxygen atoms in total. The fraction of sp³-hybridized carbons (Fsp3) is 0.222. The lowest BCUT2D eigenvalue weighted by atomic mass is 10.1. The molecule has 0 aliphatic heterocycles. The van der Waals surface area contributed by atoms with E-state index in [2.05, 4.69) is 6.58 Å². The summed E-state index contributed by atoms with van der Waals surface area (Å²) >= 11 is 1.57. The van der Waals surface area contributed by atoms with Gasteiger partial charge in [-0.15, -0.1) is 11.3 Å². The van der Waals surface area contributed by atoms with E-state index < -0.39 is 5.97 Å². The van der Waals surface area contributed by atoms with Gasteiger partial charge in [0.15, 0.2) is 0 Å². The standard InChI is InChI=1S/C9H10O2S/c1-3-8-7(4-5-12-8)6(2)9(10)11/h4-5H,2-3H2,1H3,(H,10,11). The monoisotopic (exact) mass is 182 g/mol. The molecule has 0 bridgehead atoms.